The van der Waals surface area contributed by atoms with Crippen molar-refractivity contribution in [2.45, 2.75) is 18.9 Å². The molecule has 2 heterocycles. The highest BCUT2D eigenvalue weighted by Gasteiger charge is 2.35. The molecule has 19 heavy (non-hydrogen) atoms. The fraction of sp³-hybridized carbons (Fsp3) is 0.538. The lowest BCUT2D eigenvalue weighted by molar-refractivity contribution is -0.384. The number of hydrogen-bond donors (Lipinski definition) is 1. The van der Waals surface area contributed by atoms with Crippen LogP contribution in [0.5, 0.6) is 0 Å². The Morgan fingerprint density at radius 3 is 2.95 bits per heavy atom. The number of piperidine rings is 1. The molecule has 0 radical (unpaired) electrons. The predicted molar refractivity (Wildman–Crippen MR) is 69.6 cm³/mol. The van der Waals surface area contributed by atoms with E-state index in [-0.39, 0.29) is 11.7 Å². The summed E-state index contributed by atoms with van der Waals surface area (Å²) in [7, 11) is 0. The molecule has 0 saturated carbocycles. The number of nitro benzene ring substituents is 1. The van der Waals surface area contributed by atoms with Gasteiger partial charge in [-0.05, 0) is 31.4 Å². The van der Waals surface area contributed by atoms with Crippen LogP contribution in [0.25, 0.3) is 0 Å². The number of hydrogen-bond acceptors (Lipinski definition) is 4. The van der Waals surface area contributed by atoms with Crippen LogP contribution in [-0.2, 0) is 0 Å². The van der Waals surface area contributed by atoms with Gasteiger partial charge in [0.15, 0.2) is 0 Å². The van der Waals surface area contributed by atoms with Crippen LogP contribution in [0.2, 0.25) is 0 Å². The molecule has 3 unspecified atom stereocenters. The summed E-state index contributed by atoms with van der Waals surface area (Å²) in [6.07, 6.45) is 2.07. The highest BCUT2D eigenvalue weighted by molar-refractivity contribution is 5.62. The summed E-state index contributed by atoms with van der Waals surface area (Å²) < 4.78 is 13.3. The Bertz CT molecular complexity index is 509. The lowest BCUT2D eigenvalue weighted by Crippen LogP contribution is -2.39. The molecule has 3 atom stereocenters. The minimum Gasteiger partial charge on any atom is -0.376 e. The molecule has 1 aromatic carbocycles. The Balaban J connectivity index is 1.82. The van der Waals surface area contributed by atoms with Crippen molar-refractivity contribution in [2.75, 3.05) is 25.0 Å². The molecule has 0 spiro atoms. The third-order valence-electron chi connectivity index (χ3n) is 4.13. The van der Waals surface area contributed by atoms with Gasteiger partial charge in [-0.1, -0.05) is 0 Å². The van der Waals surface area contributed by atoms with Gasteiger partial charge in [0.2, 0.25) is 0 Å². The van der Waals surface area contributed by atoms with Crippen molar-refractivity contribution in [3.63, 3.8) is 0 Å². The van der Waals surface area contributed by atoms with Crippen LogP contribution >= 0.6 is 0 Å². The van der Waals surface area contributed by atoms with Crippen molar-refractivity contribution in [1.82, 2.24) is 4.90 Å². The Morgan fingerprint density at radius 1 is 1.37 bits per heavy atom. The summed E-state index contributed by atoms with van der Waals surface area (Å²) in [6.45, 7) is 3.16. The van der Waals surface area contributed by atoms with Crippen molar-refractivity contribution < 1.29 is 9.31 Å². The molecule has 2 saturated heterocycles. The number of halogens is 1. The van der Waals surface area contributed by atoms with E-state index in [4.69, 9.17) is 0 Å². The minimum absolute atomic E-state index is 0.0539. The van der Waals surface area contributed by atoms with Gasteiger partial charge in [0.05, 0.1) is 4.92 Å². The number of anilines is 1. The number of nitrogens with one attached hydrogen (secondary N) is 1. The Kier molecular flexibility index (Phi) is 3.10. The van der Waals surface area contributed by atoms with Crippen molar-refractivity contribution in [2.24, 2.45) is 5.92 Å². The molecule has 0 aliphatic carbocycles. The average molecular weight is 265 g/mol. The van der Waals surface area contributed by atoms with E-state index in [0.29, 0.717) is 11.6 Å². The van der Waals surface area contributed by atoms with Gasteiger partial charge in [-0.2, -0.15) is 0 Å². The van der Waals surface area contributed by atoms with Gasteiger partial charge in [-0.25, -0.2) is 4.39 Å². The quantitative estimate of drug-likeness (QED) is 0.672. The van der Waals surface area contributed by atoms with E-state index in [1.807, 2.05) is 0 Å². The van der Waals surface area contributed by atoms with Crippen molar-refractivity contribution in [3.8, 4) is 0 Å². The summed E-state index contributed by atoms with van der Waals surface area (Å²) in [5.41, 5.74) is 0.247. The Hall–Kier alpha value is -1.69. The lowest BCUT2D eigenvalue weighted by Gasteiger charge is -2.31. The van der Waals surface area contributed by atoms with Gasteiger partial charge in [0.1, 0.15) is 11.5 Å². The van der Waals surface area contributed by atoms with Gasteiger partial charge in [-0.15, -0.1) is 0 Å². The number of nitrogens with zero attached hydrogens (tertiary/aromatic N) is 2. The van der Waals surface area contributed by atoms with E-state index >= 15 is 0 Å². The highest BCUT2D eigenvalue weighted by atomic mass is 19.1. The summed E-state index contributed by atoms with van der Waals surface area (Å²) in [4.78, 5) is 12.9. The van der Waals surface area contributed by atoms with Crippen molar-refractivity contribution in [1.29, 1.82) is 0 Å². The first-order valence-electron chi connectivity index (χ1n) is 6.56. The summed E-state index contributed by atoms with van der Waals surface area (Å²) in [5, 5.41) is 14.2. The molecule has 0 aromatic heterocycles. The molecule has 0 amide bonds. The molecule has 2 aliphatic heterocycles. The van der Waals surface area contributed by atoms with E-state index in [0.717, 1.165) is 38.5 Å². The monoisotopic (exact) mass is 265 g/mol. The lowest BCUT2D eigenvalue weighted by atomic mass is 9.94. The molecular formula is C13H16FN3O2. The summed E-state index contributed by atoms with van der Waals surface area (Å²) >= 11 is 0. The van der Waals surface area contributed by atoms with E-state index in [1.165, 1.54) is 12.1 Å². The molecule has 102 valence electrons. The first kappa shape index (κ1) is 12.3. The van der Waals surface area contributed by atoms with E-state index in [2.05, 4.69) is 10.2 Å². The molecule has 1 aromatic rings. The number of nitro groups is 1. The van der Waals surface area contributed by atoms with E-state index in [1.54, 1.807) is 0 Å². The van der Waals surface area contributed by atoms with Gasteiger partial charge in [-0.3, -0.25) is 10.1 Å². The first-order chi connectivity index (χ1) is 9.13. The fourth-order valence-electron chi connectivity index (χ4n) is 3.12. The molecule has 6 heteroatoms. The zero-order valence-corrected chi connectivity index (χ0v) is 10.5. The molecule has 1 N–H and O–H groups in total. The maximum Gasteiger partial charge on any atom is 0.292 e. The first-order valence-corrected chi connectivity index (χ1v) is 6.56. The van der Waals surface area contributed by atoms with Crippen LogP contribution in [0.15, 0.2) is 18.2 Å². The van der Waals surface area contributed by atoms with Crippen LogP contribution in [0.1, 0.15) is 12.8 Å². The topological polar surface area (TPSA) is 58.4 Å². The second-order valence-electron chi connectivity index (χ2n) is 5.31. The van der Waals surface area contributed by atoms with Gasteiger partial charge in [0, 0.05) is 31.3 Å². The SMILES string of the molecule is O=[N+]([O-])c1ccc(F)cc1NC1CCN2CCC1C2. The van der Waals surface area contributed by atoms with Crippen LogP contribution in [-0.4, -0.2) is 35.5 Å². The van der Waals surface area contributed by atoms with Crippen molar-refractivity contribution in [3.05, 3.63) is 34.1 Å². The number of fused-ring (bicyclic) bond motifs is 2. The third kappa shape index (κ3) is 2.40. The average Bonchev–Trinajstić information content (AvgIpc) is 2.75. The Morgan fingerprint density at radius 2 is 2.16 bits per heavy atom. The Labute approximate surface area is 110 Å². The fourth-order valence-corrected chi connectivity index (χ4v) is 3.12. The second-order valence-corrected chi connectivity index (χ2v) is 5.31. The smallest absolute Gasteiger partial charge is 0.292 e. The minimum atomic E-state index is -0.467. The van der Waals surface area contributed by atoms with Crippen molar-refractivity contribution >= 4 is 11.4 Å². The predicted octanol–water partition coefficient (Wildman–Crippen LogP) is 2.24. The van der Waals surface area contributed by atoms with Gasteiger partial charge >= 0.3 is 0 Å². The molecule has 2 bridgehead atoms. The normalized spacial score (nSPS) is 29.2. The summed E-state index contributed by atoms with van der Waals surface area (Å²) in [5.74, 6) is 0.0635. The maximum absolute atomic E-state index is 13.3. The van der Waals surface area contributed by atoms with E-state index < -0.39 is 10.7 Å². The van der Waals surface area contributed by atoms with Crippen LogP contribution < -0.4 is 5.32 Å². The second kappa shape index (κ2) is 4.77. The molecule has 2 aliphatic rings. The molecule has 5 nitrogen and oxygen atoms in total. The van der Waals surface area contributed by atoms with Crippen LogP contribution in [0.4, 0.5) is 15.8 Å². The standard InChI is InChI=1S/C13H16FN3O2/c14-10-1-2-13(17(18)19)12(7-10)15-11-4-6-16-5-3-9(11)8-16/h1-2,7,9,11,15H,3-6,8H2. The molecule has 2 fully saturated rings. The highest BCUT2D eigenvalue weighted by Crippen LogP contribution is 2.32. The van der Waals surface area contributed by atoms with Crippen LogP contribution in [0, 0.1) is 21.8 Å². The zero-order valence-electron chi connectivity index (χ0n) is 10.5. The third-order valence-corrected chi connectivity index (χ3v) is 4.13. The number of rotatable bonds is 3. The largest absolute Gasteiger partial charge is 0.376 e. The molecule has 3 rings (SSSR count). The van der Waals surface area contributed by atoms with Gasteiger partial charge in [0.25, 0.3) is 5.69 Å². The van der Waals surface area contributed by atoms with Crippen LogP contribution in [0.3, 0.4) is 0 Å². The number of benzene rings is 1. The van der Waals surface area contributed by atoms with Gasteiger partial charge < -0.3 is 10.2 Å². The van der Waals surface area contributed by atoms with E-state index in [9.17, 15) is 14.5 Å². The maximum atomic E-state index is 13.3. The summed E-state index contributed by atoms with van der Waals surface area (Å²) in [6, 6.07) is 3.78. The molecular weight excluding hydrogens is 249 g/mol. The zero-order chi connectivity index (χ0) is 13.4.